The second-order valence-electron chi connectivity index (χ2n) is 15.0. The Labute approximate surface area is 274 Å². The Balaban J connectivity index is 1.77. The van der Waals surface area contributed by atoms with Gasteiger partial charge in [-0.15, -0.1) is 0 Å². The number of alkyl halides is 3. The number of ether oxygens (including phenoxy) is 1. The molecule has 0 aromatic heterocycles. The molecule has 0 spiro atoms. The minimum atomic E-state index is -4.79. The molecule has 0 unspecified atom stereocenters. The van der Waals surface area contributed by atoms with Gasteiger partial charge in [0.1, 0.15) is 12.1 Å². The third-order valence-corrected chi connectivity index (χ3v) is 8.89. The topological polar surface area (TPSA) is 109 Å². The second-order valence-corrected chi connectivity index (χ2v) is 15.0. The lowest BCUT2D eigenvalue weighted by molar-refractivity contribution is -0.153. The first kappa shape index (κ1) is 36.6. The van der Waals surface area contributed by atoms with Crippen molar-refractivity contribution < 1.29 is 50.9 Å². The number of carbonyl (C=O) groups is 3. The summed E-state index contributed by atoms with van der Waals surface area (Å²) in [5.74, 6) is -2.19. The molecule has 47 heavy (non-hydrogen) atoms. The van der Waals surface area contributed by atoms with Crippen LogP contribution >= 0.6 is 0 Å². The predicted octanol–water partition coefficient (Wildman–Crippen LogP) is 4.61. The second kappa shape index (κ2) is 12.0. The third-order valence-electron chi connectivity index (χ3n) is 8.89. The molecule has 2 saturated heterocycles. The number of ketones is 1. The lowest BCUT2D eigenvalue weighted by Gasteiger charge is -2.32. The van der Waals surface area contributed by atoms with E-state index in [1.807, 2.05) is 27.7 Å². The summed E-state index contributed by atoms with van der Waals surface area (Å²) in [5, 5.41) is 2.48. The lowest BCUT2D eigenvalue weighted by Crippen LogP contribution is -2.41. The minimum absolute atomic E-state index is 0.0132. The monoisotopic (exact) mass is 659 g/mol. The number of hydrogen-bond acceptors (Lipinski definition) is 8. The number of nitrogens with one attached hydrogen (secondary N) is 1. The van der Waals surface area contributed by atoms with E-state index in [0.717, 1.165) is 12.1 Å². The molecule has 0 aliphatic carbocycles. The van der Waals surface area contributed by atoms with Crippen LogP contribution in [0.4, 0.5) is 13.2 Å². The first-order valence-electron chi connectivity index (χ1n) is 15.3. The average Bonchev–Trinajstić information content (AvgIpc) is 3.28. The van der Waals surface area contributed by atoms with Crippen LogP contribution < -0.4 is 16.2 Å². The molecule has 1 N–H and O–H groups in total. The van der Waals surface area contributed by atoms with Gasteiger partial charge in [-0.3, -0.25) is 14.4 Å². The smallest absolute Gasteiger partial charge is 0.459 e. The standard InChI is InChI=1S/C33H42B2F3NO8/c1-28(2,3)43-25(40)18-39-27(42)21-12-19(14-23(16-21)34-44-29(4,5)30(6,7)45-34)26(41)20-13-22(33(36,37)38)17-24(15-20)35-46-31(8,9)32(10,11)47-35/h12-17H,18H2,1-11H3,(H,39,42). The zero-order chi connectivity index (χ0) is 35.5. The van der Waals surface area contributed by atoms with Crippen molar-refractivity contribution in [1.82, 2.24) is 5.32 Å². The van der Waals surface area contributed by atoms with Crippen molar-refractivity contribution in [2.75, 3.05) is 6.54 Å². The van der Waals surface area contributed by atoms with E-state index in [1.54, 1.807) is 48.5 Å². The quantitative estimate of drug-likeness (QED) is 0.261. The highest BCUT2D eigenvalue weighted by Crippen LogP contribution is 2.38. The molecule has 0 saturated carbocycles. The van der Waals surface area contributed by atoms with E-state index in [1.165, 1.54) is 24.3 Å². The number of rotatable bonds is 7. The zero-order valence-electron chi connectivity index (χ0n) is 28.7. The Morgan fingerprint density at radius 1 is 0.681 bits per heavy atom. The molecule has 0 radical (unpaired) electrons. The van der Waals surface area contributed by atoms with Crippen LogP contribution in [0.1, 0.15) is 108 Å². The molecule has 2 aliphatic rings. The molecule has 2 heterocycles. The number of halogens is 3. The van der Waals surface area contributed by atoms with E-state index in [9.17, 15) is 27.6 Å². The van der Waals surface area contributed by atoms with Crippen LogP contribution in [-0.4, -0.2) is 66.4 Å². The summed E-state index contributed by atoms with van der Waals surface area (Å²) in [5.41, 5.74) is -5.19. The third kappa shape index (κ3) is 7.93. The molecule has 2 aliphatic heterocycles. The Kier molecular flexibility index (Phi) is 9.39. The lowest BCUT2D eigenvalue weighted by atomic mass is 9.75. The van der Waals surface area contributed by atoms with E-state index >= 15 is 0 Å². The highest BCUT2D eigenvalue weighted by Gasteiger charge is 2.53. The van der Waals surface area contributed by atoms with Gasteiger partial charge in [0.05, 0.1) is 28.0 Å². The fourth-order valence-electron chi connectivity index (χ4n) is 4.89. The van der Waals surface area contributed by atoms with Gasteiger partial charge in [-0.2, -0.15) is 13.2 Å². The predicted molar refractivity (Wildman–Crippen MR) is 171 cm³/mol. The zero-order valence-corrected chi connectivity index (χ0v) is 28.7. The molecular weight excluding hydrogens is 617 g/mol. The summed E-state index contributed by atoms with van der Waals surface area (Å²) in [6.07, 6.45) is -4.79. The van der Waals surface area contributed by atoms with Crippen LogP contribution in [0.15, 0.2) is 36.4 Å². The van der Waals surface area contributed by atoms with Crippen molar-refractivity contribution in [2.24, 2.45) is 0 Å². The summed E-state index contributed by atoms with van der Waals surface area (Å²) >= 11 is 0. The molecule has 2 fully saturated rings. The largest absolute Gasteiger partial charge is 0.494 e. The van der Waals surface area contributed by atoms with Crippen LogP contribution in [-0.2, 0) is 34.3 Å². The van der Waals surface area contributed by atoms with E-state index < -0.39 is 78.2 Å². The van der Waals surface area contributed by atoms with Crippen LogP contribution in [0.2, 0.25) is 0 Å². The first-order valence-corrected chi connectivity index (χ1v) is 15.3. The molecule has 4 rings (SSSR count). The summed E-state index contributed by atoms with van der Waals surface area (Å²) < 4.78 is 71.9. The van der Waals surface area contributed by atoms with Gasteiger partial charge in [0.15, 0.2) is 5.78 Å². The average molecular weight is 659 g/mol. The fraction of sp³-hybridized carbons (Fsp3) is 0.545. The molecule has 0 bridgehead atoms. The maximum atomic E-state index is 14.1. The molecule has 0 atom stereocenters. The van der Waals surface area contributed by atoms with Crippen molar-refractivity contribution in [3.8, 4) is 0 Å². The summed E-state index contributed by atoms with van der Waals surface area (Å²) in [6, 6.07) is 7.06. The molecule has 14 heteroatoms. The van der Waals surface area contributed by atoms with Gasteiger partial charge >= 0.3 is 26.4 Å². The molecule has 1 amide bonds. The Hall–Kier alpha value is -3.19. The molecule has 2 aromatic rings. The number of amides is 1. The van der Waals surface area contributed by atoms with Crippen LogP contribution in [0, 0.1) is 0 Å². The van der Waals surface area contributed by atoms with Crippen LogP contribution in [0.5, 0.6) is 0 Å². The number of carbonyl (C=O) groups excluding carboxylic acids is 3. The SMILES string of the molecule is CC(C)(C)OC(=O)CNC(=O)c1cc(B2OC(C)(C)C(C)(C)O2)cc(C(=O)c2cc(B3OC(C)(C)C(C)(C)O3)cc(C(F)(F)F)c2)c1. The highest BCUT2D eigenvalue weighted by molar-refractivity contribution is 6.63. The van der Waals surface area contributed by atoms with Crippen molar-refractivity contribution in [3.63, 3.8) is 0 Å². The Morgan fingerprint density at radius 2 is 1.09 bits per heavy atom. The van der Waals surface area contributed by atoms with Gasteiger partial charge in [0.2, 0.25) is 0 Å². The Morgan fingerprint density at radius 3 is 1.51 bits per heavy atom. The van der Waals surface area contributed by atoms with Gasteiger partial charge in [-0.05, 0) is 105 Å². The van der Waals surface area contributed by atoms with Crippen LogP contribution in [0.3, 0.4) is 0 Å². The van der Waals surface area contributed by atoms with Gasteiger partial charge in [-0.1, -0.05) is 18.2 Å². The van der Waals surface area contributed by atoms with Crippen molar-refractivity contribution in [3.05, 3.63) is 58.7 Å². The Bertz CT molecular complexity index is 1550. The first-order chi connectivity index (χ1) is 21.2. The molecule has 254 valence electrons. The normalized spacial score (nSPS) is 19.9. The summed E-state index contributed by atoms with van der Waals surface area (Å²) in [4.78, 5) is 39.6. The maximum Gasteiger partial charge on any atom is 0.494 e. The van der Waals surface area contributed by atoms with E-state index in [4.69, 9.17) is 23.4 Å². The van der Waals surface area contributed by atoms with Crippen LogP contribution in [0.25, 0.3) is 0 Å². The number of hydrogen-bond donors (Lipinski definition) is 1. The number of benzene rings is 2. The van der Waals surface area contributed by atoms with E-state index in [2.05, 4.69) is 5.32 Å². The van der Waals surface area contributed by atoms with Gasteiger partial charge < -0.3 is 28.7 Å². The van der Waals surface area contributed by atoms with Gasteiger partial charge in [0, 0.05) is 16.7 Å². The van der Waals surface area contributed by atoms with E-state index in [-0.39, 0.29) is 27.6 Å². The van der Waals surface area contributed by atoms with Crippen molar-refractivity contribution >= 4 is 42.8 Å². The van der Waals surface area contributed by atoms with Gasteiger partial charge in [0.25, 0.3) is 5.91 Å². The highest BCUT2D eigenvalue weighted by atomic mass is 19.4. The molecular formula is C33H42B2F3NO8. The minimum Gasteiger partial charge on any atom is -0.459 e. The summed E-state index contributed by atoms with van der Waals surface area (Å²) in [6.45, 7) is 19.0. The van der Waals surface area contributed by atoms with Crippen molar-refractivity contribution in [1.29, 1.82) is 0 Å². The summed E-state index contributed by atoms with van der Waals surface area (Å²) in [7, 11) is -2.17. The number of esters is 1. The van der Waals surface area contributed by atoms with Gasteiger partial charge in [-0.25, -0.2) is 0 Å². The maximum absolute atomic E-state index is 14.1. The fourth-order valence-corrected chi connectivity index (χ4v) is 4.89. The molecule has 9 nitrogen and oxygen atoms in total. The molecule has 2 aromatic carbocycles. The van der Waals surface area contributed by atoms with E-state index in [0.29, 0.717) is 0 Å². The van der Waals surface area contributed by atoms with Crippen molar-refractivity contribution in [2.45, 2.75) is 110 Å².